The molecule has 122 valence electrons. The van der Waals surface area contributed by atoms with Gasteiger partial charge in [0, 0.05) is 11.9 Å². The van der Waals surface area contributed by atoms with E-state index in [4.69, 9.17) is 11.6 Å². The Labute approximate surface area is 135 Å². The molecule has 1 aliphatic rings. The first-order valence-electron chi connectivity index (χ1n) is 6.57. The summed E-state index contributed by atoms with van der Waals surface area (Å²) in [6.07, 6.45) is -2.81. The number of rotatable bonds is 4. The molecule has 1 aromatic rings. The number of alkyl halides is 4. The molecule has 0 bridgehead atoms. The van der Waals surface area contributed by atoms with Crippen LogP contribution in [0.4, 0.5) is 23.2 Å². The van der Waals surface area contributed by atoms with Crippen molar-refractivity contribution in [1.29, 1.82) is 0 Å². The van der Waals surface area contributed by atoms with E-state index in [9.17, 15) is 17.6 Å². The Bertz CT molecular complexity index is 597. The Morgan fingerprint density at radius 2 is 2.05 bits per heavy atom. The quantitative estimate of drug-likeness (QED) is 0.270. The van der Waals surface area contributed by atoms with E-state index < -0.39 is 22.6 Å². The molecule has 0 heterocycles. The van der Waals surface area contributed by atoms with Crippen molar-refractivity contribution in [3.8, 4) is 0 Å². The van der Waals surface area contributed by atoms with Gasteiger partial charge in [0.1, 0.15) is 16.5 Å². The van der Waals surface area contributed by atoms with Crippen molar-refractivity contribution in [3.05, 3.63) is 23.5 Å². The molecule has 0 aromatic heterocycles. The zero-order chi connectivity index (χ0) is 16.5. The Kier molecular flexibility index (Phi) is 4.96. The van der Waals surface area contributed by atoms with Crippen LogP contribution >= 0.6 is 23.4 Å². The highest BCUT2D eigenvalue weighted by atomic mass is 35.5. The minimum Gasteiger partial charge on any atom is -0.340 e. The van der Waals surface area contributed by atoms with E-state index in [0.29, 0.717) is 28.1 Å². The normalized spacial score (nSPS) is 17.5. The van der Waals surface area contributed by atoms with Gasteiger partial charge in [0.05, 0.1) is 11.4 Å². The first kappa shape index (κ1) is 17.4. The minimum atomic E-state index is -4.27. The number of aryl methyl sites for hydroxylation is 1. The van der Waals surface area contributed by atoms with Crippen LogP contribution in [0.2, 0.25) is 0 Å². The largest absolute Gasteiger partial charge is 0.398 e. The third kappa shape index (κ3) is 4.29. The highest BCUT2D eigenvalue weighted by Gasteiger charge is 2.46. The van der Waals surface area contributed by atoms with Crippen LogP contribution in [0.25, 0.3) is 0 Å². The second kappa shape index (κ2) is 6.28. The summed E-state index contributed by atoms with van der Waals surface area (Å²) in [5.41, 5.74) is 0.544. The van der Waals surface area contributed by atoms with Gasteiger partial charge in [-0.1, -0.05) is 0 Å². The van der Waals surface area contributed by atoms with Gasteiger partial charge >= 0.3 is 6.18 Å². The summed E-state index contributed by atoms with van der Waals surface area (Å²) in [6, 6.07) is 2.58. The lowest BCUT2D eigenvalue weighted by atomic mass is 10.2. The van der Waals surface area contributed by atoms with Crippen LogP contribution in [0.1, 0.15) is 18.4 Å². The summed E-state index contributed by atoms with van der Waals surface area (Å²) < 4.78 is 51.0. The highest BCUT2D eigenvalue weighted by Crippen LogP contribution is 2.44. The van der Waals surface area contributed by atoms with Gasteiger partial charge in [-0.25, -0.2) is 4.39 Å². The maximum Gasteiger partial charge on any atom is 0.398 e. The van der Waals surface area contributed by atoms with Gasteiger partial charge in [0.2, 0.25) is 0 Å². The molecule has 1 N–H and O–H groups in total. The second-order valence-corrected chi connectivity index (χ2v) is 6.90. The summed E-state index contributed by atoms with van der Waals surface area (Å²) in [4.78, 5) is 3.78. The van der Waals surface area contributed by atoms with Gasteiger partial charge in [0.15, 0.2) is 0 Å². The van der Waals surface area contributed by atoms with E-state index in [1.54, 1.807) is 6.92 Å². The molecule has 2 nitrogen and oxygen atoms in total. The minimum absolute atomic E-state index is 0.0859. The van der Waals surface area contributed by atoms with Crippen LogP contribution in [-0.4, -0.2) is 29.7 Å². The van der Waals surface area contributed by atoms with E-state index in [-0.39, 0.29) is 5.69 Å². The molecular formula is C14H15ClF4N2S. The monoisotopic (exact) mass is 354 g/mol. The number of hydrogen-bond donors (Lipinski definition) is 1. The smallest absolute Gasteiger partial charge is 0.340 e. The molecule has 1 fully saturated rings. The van der Waals surface area contributed by atoms with Crippen molar-refractivity contribution in [1.82, 2.24) is 0 Å². The maximum absolute atomic E-state index is 14.0. The summed E-state index contributed by atoms with van der Waals surface area (Å²) in [7, 11) is 1.54. The standard InChI is InChI=1S/C14H15ClF4N2S/c1-8-5-9(16)10(6-11(8)22-7-14(17,18)19)21-12(20-2)13(15)3-4-13/h5-6H,3-4,7H2,1-2H3,(H,20,21). The van der Waals surface area contributed by atoms with Gasteiger partial charge in [0.25, 0.3) is 0 Å². The summed E-state index contributed by atoms with van der Waals surface area (Å²) in [6.45, 7) is 1.57. The first-order chi connectivity index (χ1) is 10.1. The van der Waals surface area contributed by atoms with Crippen molar-refractivity contribution in [2.75, 3.05) is 18.1 Å². The van der Waals surface area contributed by atoms with E-state index in [1.165, 1.54) is 19.2 Å². The molecule has 8 heteroatoms. The third-order valence-electron chi connectivity index (χ3n) is 3.25. The molecule has 0 atom stereocenters. The number of benzene rings is 1. The van der Waals surface area contributed by atoms with E-state index in [2.05, 4.69) is 10.3 Å². The molecule has 1 saturated carbocycles. The molecule has 22 heavy (non-hydrogen) atoms. The molecule has 0 unspecified atom stereocenters. The van der Waals surface area contributed by atoms with Gasteiger partial charge in [-0.15, -0.1) is 23.4 Å². The fraction of sp³-hybridized carbons (Fsp3) is 0.500. The zero-order valence-electron chi connectivity index (χ0n) is 12.0. The SMILES string of the molecule is CN=C(Nc1cc(SCC(F)(F)F)c(C)cc1F)C1(Cl)CC1. The third-order valence-corrected chi connectivity index (χ3v) is 5.03. The highest BCUT2D eigenvalue weighted by molar-refractivity contribution is 7.99. The van der Waals surface area contributed by atoms with Crippen LogP contribution in [0.15, 0.2) is 22.0 Å². The second-order valence-electron chi connectivity index (χ2n) is 5.16. The molecule has 0 saturated heterocycles. The van der Waals surface area contributed by atoms with Crippen LogP contribution in [0.3, 0.4) is 0 Å². The first-order valence-corrected chi connectivity index (χ1v) is 7.94. The predicted molar refractivity (Wildman–Crippen MR) is 82.7 cm³/mol. The van der Waals surface area contributed by atoms with Crippen LogP contribution in [0.5, 0.6) is 0 Å². The van der Waals surface area contributed by atoms with Crippen molar-refractivity contribution in [2.24, 2.45) is 4.99 Å². The summed E-state index contributed by atoms with van der Waals surface area (Å²) >= 11 is 6.87. The van der Waals surface area contributed by atoms with E-state index >= 15 is 0 Å². The molecule has 1 aliphatic carbocycles. The lowest BCUT2D eigenvalue weighted by Crippen LogP contribution is -2.25. The average Bonchev–Trinajstić information content (AvgIpc) is 3.14. The topological polar surface area (TPSA) is 24.4 Å². The average molecular weight is 355 g/mol. The number of thioether (sulfide) groups is 1. The van der Waals surface area contributed by atoms with Crippen molar-refractivity contribution in [3.63, 3.8) is 0 Å². The number of halogens is 5. The Hall–Kier alpha value is -0.950. The van der Waals surface area contributed by atoms with Gasteiger partial charge in [-0.2, -0.15) is 13.2 Å². The number of nitrogens with zero attached hydrogens (tertiary/aromatic N) is 1. The fourth-order valence-corrected chi connectivity index (χ4v) is 2.94. The Balaban J connectivity index is 2.21. The van der Waals surface area contributed by atoms with Gasteiger partial charge in [-0.05, 0) is 37.5 Å². The lowest BCUT2D eigenvalue weighted by molar-refractivity contribution is -0.105. The Morgan fingerprint density at radius 3 is 2.55 bits per heavy atom. The molecule has 2 rings (SSSR count). The van der Waals surface area contributed by atoms with Crippen molar-refractivity contribution in [2.45, 2.75) is 35.7 Å². The van der Waals surface area contributed by atoms with Crippen molar-refractivity contribution >= 4 is 34.9 Å². The number of aliphatic imine (C=N–C) groups is 1. The molecule has 0 amide bonds. The molecule has 0 radical (unpaired) electrons. The Morgan fingerprint density at radius 1 is 1.41 bits per heavy atom. The van der Waals surface area contributed by atoms with Crippen LogP contribution in [0, 0.1) is 12.7 Å². The maximum atomic E-state index is 14.0. The molecule has 0 spiro atoms. The molecule has 0 aliphatic heterocycles. The molecule has 1 aromatic carbocycles. The van der Waals surface area contributed by atoms with E-state index in [1.807, 2.05) is 0 Å². The number of amidine groups is 1. The van der Waals surface area contributed by atoms with Crippen LogP contribution < -0.4 is 5.32 Å². The summed E-state index contributed by atoms with van der Waals surface area (Å²) in [5.74, 6) is -1.13. The number of hydrogen-bond acceptors (Lipinski definition) is 2. The number of anilines is 1. The predicted octanol–water partition coefficient (Wildman–Crippen LogP) is 5.00. The van der Waals surface area contributed by atoms with E-state index in [0.717, 1.165) is 12.8 Å². The summed E-state index contributed by atoms with van der Waals surface area (Å²) in [5, 5.41) is 2.81. The lowest BCUT2D eigenvalue weighted by Gasteiger charge is -2.16. The van der Waals surface area contributed by atoms with Crippen LogP contribution in [-0.2, 0) is 0 Å². The number of nitrogens with one attached hydrogen (secondary N) is 1. The van der Waals surface area contributed by atoms with Gasteiger partial charge in [-0.3, -0.25) is 4.99 Å². The van der Waals surface area contributed by atoms with Gasteiger partial charge < -0.3 is 5.32 Å². The van der Waals surface area contributed by atoms with Crippen molar-refractivity contribution < 1.29 is 17.6 Å². The zero-order valence-corrected chi connectivity index (χ0v) is 13.6. The molecular weight excluding hydrogens is 340 g/mol. The fourth-order valence-electron chi connectivity index (χ4n) is 1.91.